The van der Waals surface area contributed by atoms with Gasteiger partial charge in [0.15, 0.2) is 9.84 Å². The minimum atomic E-state index is -3.22. The Morgan fingerprint density at radius 1 is 1.20 bits per heavy atom. The molecule has 0 saturated heterocycles. The highest BCUT2D eigenvalue weighted by atomic mass is 32.2. The Morgan fingerprint density at radius 3 is 2.53 bits per heavy atom. The number of hydrogen-bond acceptors (Lipinski definition) is 5. The molecule has 1 saturated carbocycles. The number of carbonyl (C=O) groups excluding carboxylic acids is 1. The first kappa shape index (κ1) is 20.8. The van der Waals surface area contributed by atoms with Crippen LogP contribution in [0.5, 0.6) is 0 Å². The predicted octanol–water partition coefficient (Wildman–Crippen LogP) is 2.94. The normalized spacial score (nSPS) is 24.6. The lowest BCUT2D eigenvalue weighted by Gasteiger charge is -2.24. The molecule has 1 aromatic rings. The first-order valence-electron chi connectivity index (χ1n) is 10.6. The highest BCUT2D eigenvalue weighted by Crippen LogP contribution is 2.40. The van der Waals surface area contributed by atoms with Crippen molar-refractivity contribution in [2.24, 2.45) is 16.8 Å². The molecule has 1 aromatic carbocycles. The van der Waals surface area contributed by atoms with Gasteiger partial charge in [0.25, 0.3) is 5.91 Å². The number of dihydropyridines is 1. The number of sulfone groups is 1. The number of carbonyl (C=O) groups is 1. The Kier molecular flexibility index (Phi) is 5.82. The zero-order valence-electron chi connectivity index (χ0n) is 17.5. The predicted molar refractivity (Wildman–Crippen MR) is 118 cm³/mol. The van der Waals surface area contributed by atoms with Crippen LogP contribution in [0.2, 0.25) is 0 Å². The quantitative estimate of drug-likeness (QED) is 0.731. The lowest BCUT2D eigenvalue weighted by atomic mass is 9.85. The molecular formula is C23H29N3O3S. The van der Waals surface area contributed by atoms with Crippen molar-refractivity contribution in [3.63, 3.8) is 0 Å². The molecule has 1 fully saturated rings. The molecule has 2 N–H and O–H groups in total. The van der Waals surface area contributed by atoms with Crippen LogP contribution >= 0.6 is 0 Å². The van der Waals surface area contributed by atoms with E-state index in [0.717, 1.165) is 17.7 Å². The number of benzene rings is 1. The molecule has 0 radical (unpaired) electrons. The molecule has 2 unspecified atom stereocenters. The van der Waals surface area contributed by atoms with E-state index in [4.69, 9.17) is 0 Å². The number of aliphatic imine (C=N–C) groups is 1. The van der Waals surface area contributed by atoms with Crippen LogP contribution in [0.1, 0.15) is 43.6 Å². The second-order valence-electron chi connectivity index (χ2n) is 8.55. The highest BCUT2D eigenvalue weighted by Gasteiger charge is 2.33. The summed E-state index contributed by atoms with van der Waals surface area (Å²) >= 11 is 0. The summed E-state index contributed by atoms with van der Waals surface area (Å²) < 4.78 is 23.7. The Morgan fingerprint density at radius 2 is 1.90 bits per heavy atom. The summed E-state index contributed by atoms with van der Waals surface area (Å²) in [6.45, 7) is 0. The Balaban J connectivity index is 1.63. The number of hydrogen-bond donors (Lipinski definition) is 2. The standard InChI is InChI=1S/C23H29N3O3S/c1-24-23(27)18-12-17-13-21(26-22(17)25-14-18)20(11-15-5-3-4-6-15)16-7-9-19(10-8-16)30(2,28)29/h7-10,12-15,17,20,22,26H,3-6,11H2,1-2H3,(H,24,27)/t17?,20-,22?/m1/s1. The van der Waals surface area contributed by atoms with Crippen LogP contribution in [0.4, 0.5) is 0 Å². The van der Waals surface area contributed by atoms with Crippen molar-refractivity contribution in [2.75, 3.05) is 13.3 Å². The summed E-state index contributed by atoms with van der Waals surface area (Å²) in [5.74, 6) is 0.756. The molecule has 3 aliphatic rings. The third kappa shape index (κ3) is 4.36. The van der Waals surface area contributed by atoms with E-state index in [0.29, 0.717) is 16.4 Å². The summed E-state index contributed by atoms with van der Waals surface area (Å²) in [5.41, 5.74) is 2.82. The first-order chi connectivity index (χ1) is 14.3. The zero-order valence-corrected chi connectivity index (χ0v) is 18.3. The fourth-order valence-corrected chi connectivity index (χ4v) is 5.40. The van der Waals surface area contributed by atoms with Crippen LogP contribution in [0, 0.1) is 11.8 Å². The van der Waals surface area contributed by atoms with E-state index in [1.807, 2.05) is 18.2 Å². The molecule has 30 heavy (non-hydrogen) atoms. The van der Waals surface area contributed by atoms with Crippen LogP contribution < -0.4 is 10.6 Å². The van der Waals surface area contributed by atoms with E-state index in [1.54, 1.807) is 25.4 Å². The topological polar surface area (TPSA) is 87.6 Å². The molecule has 0 bridgehead atoms. The molecular weight excluding hydrogens is 398 g/mol. The van der Waals surface area contributed by atoms with Crippen LogP contribution in [-0.2, 0) is 14.6 Å². The molecule has 6 nitrogen and oxygen atoms in total. The highest BCUT2D eigenvalue weighted by molar-refractivity contribution is 7.90. The molecule has 2 aliphatic heterocycles. The summed E-state index contributed by atoms with van der Waals surface area (Å²) in [5, 5.41) is 6.21. The maximum Gasteiger partial charge on any atom is 0.252 e. The van der Waals surface area contributed by atoms with Gasteiger partial charge in [0, 0.05) is 37.1 Å². The summed E-state index contributed by atoms with van der Waals surface area (Å²) in [7, 11) is -1.60. The second-order valence-corrected chi connectivity index (χ2v) is 10.6. The van der Waals surface area contributed by atoms with Gasteiger partial charge in [0.05, 0.1) is 10.5 Å². The van der Waals surface area contributed by atoms with Crippen LogP contribution in [-0.4, -0.2) is 40.0 Å². The van der Waals surface area contributed by atoms with E-state index in [-0.39, 0.29) is 23.9 Å². The fourth-order valence-electron chi connectivity index (χ4n) is 4.77. The smallest absolute Gasteiger partial charge is 0.252 e. The SMILES string of the molecule is CNC(=O)C1=CC2C=C([C@H](CC3CCCC3)c3ccc(S(C)(=O)=O)cc3)NC2N=C1. The van der Waals surface area contributed by atoms with Crippen LogP contribution in [0.15, 0.2) is 57.6 Å². The number of allylic oxidation sites excluding steroid dienone is 1. The number of rotatable bonds is 6. The van der Waals surface area contributed by atoms with E-state index >= 15 is 0 Å². The van der Waals surface area contributed by atoms with Crippen molar-refractivity contribution in [3.05, 3.63) is 53.3 Å². The molecule has 1 aliphatic carbocycles. The number of nitrogens with one attached hydrogen (secondary N) is 2. The average Bonchev–Trinajstić information content (AvgIpc) is 3.39. The van der Waals surface area contributed by atoms with E-state index in [1.165, 1.54) is 31.9 Å². The van der Waals surface area contributed by atoms with Gasteiger partial charge in [0.2, 0.25) is 0 Å². The minimum absolute atomic E-state index is 0.0404. The van der Waals surface area contributed by atoms with Gasteiger partial charge in [-0.25, -0.2) is 8.42 Å². The summed E-state index contributed by atoms with van der Waals surface area (Å²) in [6, 6.07) is 7.29. The Labute approximate surface area is 178 Å². The number of amides is 1. The van der Waals surface area contributed by atoms with Crippen molar-refractivity contribution < 1.29 is 13.2 Å². The van der Waals surface area contributed by atoms with Gasteiger partial charge in [0.1, 0.15) is 6.17 Å². The average molecular weight is 428 g/mol. The van der Waals surface area contributed by atoms with Gasteiger partial charge < -0.3 is 10.6 Å². The third-order valence-corrected chi connectivity index (χ3v) is 7.54. The number of likely N-dealkylation sites (N-methyl/N-ethyl adjacent to an activating group) is 1. The molecule has 1 amide bonds. The molecule has 0 aromatic heterocycles. The summed E-state index contributed by atoms with van der Waals surface area (Å²) in [4.78, 5) is 16.9. The van der Waals surface area contributed by atoms with Crippen LogP contribution in [0.3, 0.4) is 0 Å². The minimum Gasteiger partial charge on any atom is -0.366 e. The lowest BCUT2D eigenvalue weighted by molar-refractivity contribution is -0.116. The van der Waals surface area contributed by atoms with E-state index in [9.17, 15) is 13.2 Å². The van der Waals surface area contributed by atoms with Gasteiger partial charge in [-0.05, 0) is 30.0 Å². The monoisotopic (exact) mass is 427 g/mol. The van der Waals surface area contributed by atoms with Gasteiger partial charge in [-0.15, -0.1) is 0 Å². The fraction of sp³-hybridized carbons (Fsp3) is 0.478. The first-order valence-corrected chi connectivity index (χ1v) is 12.5. The number of nitrogens with zero attached hydrogens (tertiary/aromatic N) is 1. The van der Waals surface area contributed by atoms with Gasteiger partial charge in [-0.3, -0.25) is 9.79 Å². The third-order valence-electron chi connectivity index (χ3n) is 6.42. The summed E-state index contributed by atoms with van der Waals surface area (Å²) in [6.07, 6.45) is 13.0. The molecule has 0 spiro atoms. The molecule has 7 heteroatoms. The van der Waals surface area contributed by atoms with Crippen molar-refractivity contribution in [3.8, 4) is 0 Å². The maximum atomic E-state index is 12.0. The molecule has 2 heterocycles. The second kappa shape index (κ2) is 8.38. The van der Waals surface area contributed by atoms with Gasteiger partial charge >= 0.3 is 0 Å². The van der Waals surface area contributed by atoms with Crippen molar-refractivity contribution >= 4 is 22.0 Å². The number of fused-ring (bicyclic) bond motifs is 1. The molecule has 3 atom stereocenters. The van der Waals surface area contributed by atoms with Gasteiger partial charge in [-0.1, -0.05) is 50.0 Å². The van der Waals surface area contributed by atoms with Crippen molar-refractivity contribution in [2.45, 2.75) is 49.1 Å². The van der Waals surface area contributed by atoms with Crippen LogP contribution in [0.25, 0.3) is 0 Å². The van der Waals surface area contributed by atoms with Crippen molar-refractivity contribution in [1.29, 1.82) is 0 Å². The Hall–Kier alpha value is -2.41. The molecule has 160 valence electrons. The van der Waals surface area contributed by atoms with E-state index < -0.39 is 9.84 Å². The van der Waals surface area contributed by atoms with Gasteiger partial charge in [-0.2, -0.15) is 0 Å². The largest absolute Gasteiger partial charge is 0.366 e. The molecule has 4 rings (SSSR count). The lowest BCUT2D eigenvalue weighted by Crippen LogP contribution is -2.32. The zero-order chi connectivity index (χ0) is 21.3. The maximum absolute atomic E-state index is 12.0. The Bertz CT molecular complexity index is 1000. The van der Waals surface area contributed by atoms with Crippen molar-refractivity contribution in [1.82, 2.24) is 10.6 Å². The van der Waals surface area contributed by atoms with E-state index in [2.05, 4.69) is 21.7 Å².